The summed E-state index contributed by atoms with van der Waals surface area (Å²) in [6.07, 6.45) is 8.29. The van der Waals surface area contributed by atoms with Gasteiger partial charge >= 0.3 is 0 Å². The van der Waals surface area contributed by atoms with E-state index in [1.807, 2.05) is 23.0 Å². The topological polar surface area (TPSA) is 87.7 Å². The van der Waals surface area contributed by atoms with Crippen molar-refractivity contribution in [3.63, 3.8) is 0 Å². The normalized spacial score (nSPS) is 29.1. The number of pyridine rings is 1. The van der Waals surface area contributed by atoms with Crippen molar-refractivity contribution in [2.45, 2.75) is 69.9 Å². The van der Waals surface area contributed by atoms with E-state index in [-0.39, 0.29) is 11.5 Å². The summed E-state index contributed by atoms with van der Waals surface area (Å²) < 4.78 is 1.87. The van der Waals surface area contributed by atoms with Crippen molar-refractivity contribution in [2.24, 2.45) is 10.9 Å². The Kier molecular flexibility index (Phi) is 3.88. The molecular weight excluding hydrogens is 388 g/mol. The van der Waals surface area contributed by atoms with Gasteiger partial charge in [-0.05, 0) is 63.1 Å². The second-order valence-corrected chi connectivity index (χ2v) is 10.0. The summed E-state index contributed by atoms with van der Waals surface area (Å²) in [7, 11) is 0. The summed E-state index contributed by atoms with van der Waals surface area (Å²) in [4.78, 5) is 14.4. The molecular formula is C24H28N6O. The quantitative estimate of drug-likeness (QED) is 0.654. The first-order valence-electron chi connectivity index (χ1n) is 11.3. The average Bonchev–Trinajstić information content (AvgIpc) is 3.45. The molecule has 4 heterocycles. The second-order valence-electron chi connectivity index (χ2n) is 10.0. The maximum Gasteiger partial charge on any atom is 0.241 e. The highest BCUT2D eigenvalue weighted by Gasteiger charge is 2.53. The standard InChI is InChI=1S/C24H28N6O/c1-14(2)20-15(3)26-18-5-4-17(27-21(18)20)16-6-11-30-19(16)12-25-22(29-30)28-23-7-9-24(31,13-23)10-8-23/h4-6,11-12,14,20,31H,7-10,13H2,1-3H3,(H,28,29). The molecule has 0 saturated heterocycles. The van der Waals surface area contributed by atoms with Gasteiger partial charge in [0, 0.05) is 28.9 Å². The molecule has 3 aromatic heterocycles. The van der Waals surface area contributed by atoms with Crippen molar-refractivity contribution >= 4 is 22.9 Å². The van der Waals surface area contributed by atoms with Gasteiger partial charge in [-0.3, -0.25) is 4.99 Å². The van der Waals surface area contributed by atoms with E-state index < -0.39 is 5.60 Å². The summed E-state index contributed by atoms with van der Waals surface area (Å²) in [5, 5.41) is 18.8. The van der Waals surface area contributed by atoms with Crippen LogP contribution in [0.5, 0.6) is 0 Å². The molecule has 2 fully saturated rings. The summed E-state index contributed by atoms with van der Waals surface area (Å²) in [6.45, 7) is 6.54. The van der Waals surface area contributed by atoms with Gasteiger partial charge in [0.15, 0.2) is 0 Å². The third-order valence-electron chi connectivity index (χ3n) is 7.49. The van der Waals surface area contributed by atoms with Gasteiger partial charge < -0.3 is 10.4 Å². The first-order valence-corrected chi connectivity index (χ1v) is 11.3. The third-order valence-corrected chi connectivity index (χ3v) is 7.49. The van der Waals surface area contributed by atoms with Gasteiger partial charge in [0.05, 0.1) is 34.4 Å². The highest BCUT2D eigenvalue weighted by molar-refractivity contribution is 5.96. The van der Waals surface area contributed by atoms with E-state index in [0.717, 1.165) is 66.0 Å². The molecule has 0 radical (unpaired) electrons. The minimum Gasteiger partial charge on any atom is -0.390 e. The van der Waals surface area contributed by atoms with Crippen molar-refractivity contribution in [1.82, 2.24) is 19.6 Å². The van der Waals surface area contributed by atoms with Crippen LogP contribution < -0.4 is 5.32 Å². The monoisotopic (exact) mass is 416 g/mol. The van der Waals surface area contributed by atoms with Crippen LogP contribution >= 0.6 is 0 Å². The fraction of sp³-hybridized carbons (Fsp3) is 0.500. The molecule has 31 heavy (non-hydrogen) atoms. The van der Waals surface area contributed by atoms with E-state index in [0.29, 0.717) is 11.9 Å². The Balaban J connectivity index is 1.32. The van der Waals surface area contributed by atoms with Crippen LogP contribution in [-0.2, 0) is 0 Å². The lowest BCUT2D eigenvalue weighted by Crippen LogP contribution is -2.34. The summed E-state index contributed by atoms with van der Waals surface area (Å²) in [5.41, 5.74) is 5.52. The zero-order valence-electron chi connectivity index (χ0n) is 18.3. The molecule has 2 saturated carbocycles. The number of fused-ring (bicyclic) bond motifs is 4. The molecule has 0 aromatic carbocycles. The first-order chi connectivity index (χ1) is 14.8. The van der Waals surface area contributed by atoms with Gasteiger partial charge in [-0.2, -0.15) is 0 Å². The Morgan fingerprint density at radius 2 is 1.97 bits per heavy atom. The highest BCUT2D eigenvalue weighted by atomic mass is 16.3. The smallest absolute Gasteiger partial charge is 0.241 e. The molecule has 1 unspecified atom stereocenters. The SMILES string of the molecule is CC1=Nc2ccc(-c3ccn4nc(NC56CCC(O)(CC5)C6)ncc34)nc2C1C(C)C. The zero-order chi connectivity index (χ0) is 21.4. The third kappa shape index (κ3) is 2.90. The van der Waals surface area contributed by atoms with Gasteiger partial charge in [-0.1, -0.05) is 13.8 Å². The summed E-state index contributed by atoms with van der Waals surface area (Å²) in [6, 6.07) is 6.17. The van der Waals surface area contributed by atoms with E-state index in [2.05, 4.69) is 43.2 Å². The molecule has 0 spiro atoms. The van der Waals surface area contributed by atoms with Crippen LogP contribution in [-0.4, -0.2) is 41.5 Å². The van der Waals surface area contributed by atoms with E-state index in [1.165, 1.54) is 0 Å². The predicted molar refractivity (Wildman–Crippen MR) is 121 cm³/mol. The van der Waals surface area contributed by atoms with Crippen molar-refractivity contribution in [3.8, 4) is 11.3 Å². The lowest BCUT2D eigenvalue weighted by molar-refractivity contribution is 0.0521. The molecule has 160 valence electrons. The average molecular weight is 417 g/mol. The lowest BCUT2D eigenvalue weighted by Gasteiger charge is -2.27. The number of anilines is 1. The number of aliphatic imine (C=N–C) groups is 1. The van der Waals surface area contributed by atoms with Crippen LogP contribution in [0.25, 0.3) is 16.8 Å². The minimum absolute atomic E-state index is 0.0658. The van der Waals surface area contributed by atoms with Crippen molar-refractivity contribution < 1.29 is 5.11 Å². The largest absolute Gasteiger partial charge is 0.390 e. The molecule has 7 heteroatoms. The van der Waals surface area contributed by atoms with E-state index in [4.69, 9.17) is 15.1 Å². The number of aromatic nitrogens is 4. The van der Waals surface area contributed by atoms with Crippen LogP contribution in [0, 0.1) is 5.92 Å². The van der Waals surface area contributed by atoms with Gasteiger partial charge in [0.25, 0.3) is 0 Å². The molecule has 1 atom stereocenters. The Morgan fingerprint density at radius 3 is 2.68 bits per heavy atom. The van der Waals surface area contributed by atoms with Crippen LogP contribution in [0.2, 0.25) is 0 Å². The molecule has 3 aliphatic rings. The second kappa shape index (κ2) is 6.36. The molecule has 6 rings (SSSR count). The van der Waals surface area contributed by atoms with E-state index >= 15 is 0 Å². The number of hydrogen-bond acceptors (Lipinski definition) is 6. The van der Waals surface area contributed by atoms with Crippen LogP contribution in [0.1, 0.15) is 64.5 Å². The molecule has 0 amide bonds. The molecule has 1 aliphatic heterocycles. The maximum absolute atomic E-state index is 10.5. The van der Waals surface area contributed by atoms with Crippen molar-refractivity contribution in [1.29, 1.82) is 0 Å². The molecule has 2 aliphatic carbocycles. The van der Waals surface area contributed by atoms with Gasteiger partial charge in [-0.25, -0.2) is 14.5 Å². The van der Waals surface area contributed by atoms with Gasteiger partial charge in [0.1, 0.15) is 0 Å². The molecule has 2 bridgehead atoms. The molecule has 2 N–H and O–H groups in total. The number of nitrogens with one attached hydrogen (secondary N) is 1. The Morgan fingerprint density at radius 1 is 1.16 bits per heavy atom. The molecule has 3 aromatic rings. The maximum atomic E-state index is 10.5. The first kappa shape index (κ1) is 18.9. The highest BCUT2D eigenvalue weighted by Crippen LogP contribution is 2.51. The van der Waals surface area contributed by atoms with Gasteiger partial charge in [-0.15, -0.1) is 5.10 Å². The molecule has 7 nitrogen and oxygen atoms in total. The predicted octanol–water partition coefficient (Wildman–Crippen LogP) is 4.50. The Labute approximate surface area is 181 Å². The van der Waals surface area contributed by atoms with Crippen molar-refractivity contribution in [3.05, 3.63) is 36.3 Å². The van der Waals surface area contributed by atoms with Gasteiger partial charge in [0.2, 0.25) is 5.95 Å². The Hall–Kier alpha value is -2.80. The summed E-state index contributed by atoms with van der Waals surface area (Å²) in [5.74, 6) is 1.34. The fourth-order valence-corrected chi connectivity index (χ4v) is 5.95. The Bertz CT molecular complexity index is 1220. The zero-order valence-corrected chi connectivity index (χ0v) is 18.3. The van der Waals surface area contributed by atoms with Crippen LogP contribution in [0.3, 0.4) is 0 Å². The van der Waals surface area contributed by atoms with E-state index in [9.17, 15) is 5.11 Å². The lowest BCUT2D eigenvalue weighted by atomic mass is 9.89. The van der Waals surface area contributed by atoms with Crippen LogP contribution in [0.15, 0.2) is 35.6 Å². The number of aliphatic hydroxyl groups is 1. The number of nitrogens with zero attached hydrogens (tertiary/aromatic N) is 5. The number of rotatable bonds is 4. The number of hydrogen-bond donors (Lipinski definition) is 2. The minimum atomic E-state index is -0.493. The van der Waals surface area contributed by atoms with Crippen molar-refractivity contribution in [2.75, 3.05) is 5.32 Å². The fourth-order valence-electron chi connectivity index (χ4n) is 5.95. The van der Waals surface area contributed by atoms with Crippen LogP contribution in [0.4, 0.5) is 11.6 Å². The van der Waals surface area contributed by atoms with E-state index in [1.54, 1.807) is 0 Å². The summed E-state index contributed by atoms with van der Waals surface area (Å²) >= 11 is 0.